The molecule has 0 bridgehead atoms. The van der Waals surface area contributed by atoms with Gasteiger partial charge in [-0.3, -0.25) is 0 Å². The lowest BCUT2D eigenvalue weighted by atomic mass is 10.2. The number of aromatic carboxylic acids is 1. The number of carboxylic acids is 1. The van der Waals surface area contributed by atoms with Crippen LogP contribution < -0.4 is 5.32 Å². The maximum absolute atomic E-state index is 11.0. The molecular formula is C14H15ClN2O2S. The van der Waals surface area contributed by atoms with Crippen molar-refractivity contribution in [1.82, 2.24) is 4.98 Å². The topological polar surface area (TPSA) is 62.2 Å². The van der Waals surface area contributed by atoms with E-state index in [2.05, 4.69) is 29.4 Å². The third-order valence-electron chi connectivity index (χ3n) is 2.74. The van der Waals surface area contributed by atoms with Gasteiger partial charge in [0.2, 0.25) is 0 Å². The third kappa shape index (κ3) is 3.95. The van der Waals surface area contributed by atoms with Gasteiger partial charge in [-0.25, -0.2) is 9.78 Å². The molecule has 2 heterocycles. The number of thiophene rings is 1. The zero-order valence-electron chi connectivity index (χ0n) is 11.2. The Hall–Kier alpha value is -1.59. The van der Waals surface area contributed by atoms with Gasteiger partial charge >= 0.3 is 5.97 Å². The van der Waals surface area contributed by atoms with Crippen LogP contribution in [0, 0.1) is 6.92 Å². The highest BCUT2D eigenvalue weighted by Crippen LogP contribution is 2.19. The monoisotopic (exact) mass is 310 g/mol. The Balaban J connectivity index is 2.07. The highest BCUT2D eigenvalue weighted by Gasteiger charge is 2.10. The molecule has 2 rings (SSSR count). The Morgan fingerprint density at radius 2 is 2.25 bits per heavy atom. The molecule has 106 valence electrons. The maximum atomic E-state index is 11.0. The van der Waals surface area contributed by atoms with Gasteiger partial charge in [0.05, 0.1) is 5.56 Å². The van der Waals surface area contributed by atoms with E-state index in [4.69, 9.17) is 16.7 Å². The number of nitrogens with zero attached hydrogens (tertiary/aromatic N) is 1. The van der Waals surface area contributed by atoms with Crippen LogP contribution in [-0.4, -0.2) is 22.1 Å². The first-order valence-electron chi connectivity index (χ1n) is 6.17. The van der Waals surface area contributed by atoms with Crippen molar-refractivity contribution in [1.29, 1.82) is 0 Å². The summed E-state index contributed by atoms with van der Waals surface area (Å²) >= 11 is 7.59. The van der Waals surface area contributed by atoms with Gasteiger partial charge < -0.3 is 10.4 Å². The Kier molecular flexibility index (Phi) is 4.62. The van der Waals surface area contributed by atoms with E-state index in [9.17, 15) is 4.79 Å². The summed E-state index contributed by atoms with van der Waals surface area (Å²) in [5.41, 5.74) is 0.131. The fraction of sp³-hybridized carbons (Fsp3) is 0.286. The zero-order valence-corrected chi connectivity index (χ0v) is 12.8. The van der Waals surface area contributed by atoms with Crippen molar-refractivity contribution in [3.63, 3.8) is 0 Å². The normalized spacial score (nSPS) is 12.2. The standard InChI is InChI=1S/C14H15ClN2O2S/c1-8(5-11-4-3-9(2)20-11)16-13-7-10(14(18)19)6-12(15)17-13/h3-4,6-8H,5H2,1-2H3,(H,16,17)(H,18,19). The van der Waals surface area contributed by atoms with Crippen molar-refractivity contribution in [2.45, 2.75) is 26.3 Å². The molecule has 6 heteroatoms. The van der Waals surface area contributed by atoms with Gasteiger partial charge in [-0.05, 0) is 38.1 Å². The molecule has 1 unspecified atom stereocenters. The maximum Gasteiger partial charge on any atom is 0.335 e. The molecule has 0 aliphatic carbocycles. The molecule has 0 aliphatic heterocycles. The molecule has 0 aromatic carbocycles. The molecule has 0 amide bonds. The molecule has 20 heavy (non-hydrogen) atoms. The van der Waals surface area contributed by atoms with Crippen molar-refractivity contribution in [3.05, 3.63) is 44.7 Å². The highest BCUT2D eigenvalue weighted by molar-refractivity contribution is 7.11. The summed E-state index contributed by atoms with van der Waals surface area (Å²) in [5, 5.41) is 12.3. The molecule has 0 aliphatic rings. The Morgan fingerprint density at radius 3 is 2.85 bits per heavy atom. The summed E-state index contributed by atoms with van der Waals surface area (Å²) in [6.07, 6.45) is 0.856. The first kappa shape index (κ1) is 14.8. The minimum absolute atomic E-state index is 0.131. The van der Waals surface area contributed by atoms with Gasteiger partial charge in [0, 0.05) is 22.2 Å². The van der Waals surface area contributed by atoms with E-state index in [0.717, 1.165) is 6.42 Å². The van der Waals surface area contributed by atoms with Crippen molar-refractivity contribution >= 4 is 34.7 Å². The van der Waals surface area contributed by atoms with Crippen LogP contribution >= 0.6 is 22.9 Å². The summed E-state index contributed by atoms with van der Waals surface area (Å²) in [5.74, 6) is -0.533. The van der Waals surface area contributed by atoms with Gasteiger partial charge in [0.1, 0.15) is 11.0 Å². The number of carbonyl (C=O) groups is 1. The van der Waals surface area contributed by atoms with E-state index in [1.54, 1.807) is 11.3 Å². The molecule has 0 saturated heterocycles. The number of halogens is 1. The molecule has 2 aromatic heterocycles. The second-order valence-corrected chi connectivity index (χ2v) is 6.39. The number of rotatable bonds is 5. The van der Waals surface area contributed by atoms with Crippen LogP contribution in [0.2, 0.25) is 5.15 Å². The molecule has 2 aromatic rings. The van der Waals surface area contributed by atoms with Crippen LogP contribution in [0.15, 0.2) is 24.3 Å². The highest BCUT2D eigenvalue weighted by atomic mass is 35.5. The second kappa shape index (κ2) is 6.24. The van der Waals surface area contributed by atoms with E-state index < -0.39 is 5.97 Å². The number of aryl methyl sites for hydroxylation is 1. The van der Waals surface area contributed by atoms with Gasteiger partial charge in [0.25, 0.3) is 0 Å². The number of nitrogens with one attached hydrogen (secondary N) is 1. The predicted octanol–water partition coefficient (Wildman–Crippen LogP) is 3.85. The van der Waals surface area contributed by atoms with Gasteiger partial charge in [-0.1, -0.05) is 11.6 Å². The summed E-state index contributed by atoms with van der Waals surface area (Å²) in [7, 11) is 0. The fourth-order valence-corrected chi connectivity index (χ4v) is 3.12. The van der Waals surface area contributed by atoms with Crippen LogP contribution in [0.1, 0.15) is 27.0 Å². The molecule has 1 atom stereocenters. The third-order valence-corrected chi connectivity index (χ3v) is 3.96. The van der Waals surface area contributed by atoms with Crippen LogP contribution in [-0.2, 0) is 6.42 Å². The minimum atomic E-state index is -1.01. The Labute approximate surface area is 126 Å². The quantitative estimate of drug-likeness (QED) is 0.824. The number of anilines is 1. The van der Waals surface area contributed by atoms with Crippen LogP contribution in [0.5, 0.6) is 0 Å². The molecule has 4 nitrogen and oxygen atoms in total. The number of carboxylic acid groups (broad SMARTS) is 1. The van der Waals surface area contributed by atoms with E-state index >= 15 is 0 Å². The van der Waals surface area contributed by atoms with E-state index in [-0.39, 0.29) is 16.8 Å². The van der Waals surface area contributed by atoms with E-state index in [1.807, 2.05) is 6.92 Å². The van der Waals surface area contributed by atoms with Crippen molar-refractivity contribution in [2.24, 2.45) is 0 Å². The Morgan fingerprint density at radius 1 is 1.50 bits per heavy atom. The van der Waals surface area contributed by atoms with Gasteiger partial charge in [-0.15, -0.1) is 11.3 Å². The lowest BCUT2D eigenvalue weighted by Crippen LogP contribution is -2.18. The number of hydrogen-bond donors (Lipinski definition) is 2. The fourth-order valence-electron chi connectivity index (χ4n) is 1.89. The summed E-state index contributed by atoms with van der Waals surface area (Å²) < 4.78 is 0. The average molecular weight is 311 g/mol. The van der Waals surface area contributed by atoms with Crippen LogP contribution in [0.25, 0.3) is 0 Å². The minimum Gasteiger partial charge on any atom is -0.478 e. The number of pyridine rings is 1. The van der Waals surface area contributed by atoms with Crippen LogP contribution in [0.3, 0.4) is 0 Å². The number of hydrogen-bond acceptors (Lipinski definition) is 4. The smallest absolute Gasteiger partial charge is 0.335 e. The summed E-state index contributed by atoms with van der Waals surface area (Å²) in [6, 6.07) is 7.16. The Bertz CT molecular complexity index is 627. The zero-order chi connectivity index (χ0) is 14.7. The predicted molar refractivity (Wildman–Crippen MR) is 82.1 cm³/mol. The lowest BCUT2D eigenvalue weighted by molar-refractivity contribution is 0.0697. The van der Waals surface area contributed by atoms with Crippen molar-refractivity contribution in [3.8, 4) is 0 Å². The van der Waals surface area contributed by atoms with Crippen molar-refractivity contribution < 1.29 is 9.90 Å². The second-order valence-electron chi connectivity index (χ2n) is 4.63. The molecule has 0 radical (unpaired) electrons. The van der Waals surface area contributed by atoms with E-state index in [1.165, 1.54) is 21.9 Å². The molecule has 2 N–H and O–H groups in total. The lowest BCUT2D eigenvalue weighted by Gasteiger charge is -2.14. The summed E-state index contributed by atoms with van der Waals surface area (Å²) in [6.45, 7) is 4.10. The molecule has 0 spiro atoms. The first-order chi connectivity index (χ1) is 9.44. The SMILES string of the molecule is Cc1ccc(CC(C)Nc2cc(C(=O)O)cc(Cl)n2)s1. The molecular weight excluding hydrogens is 296 g/mol. The van der Waals surface area contributed by atoms with Gasteiger partial charge in [0.15, 0.2) is 0 Å². The molecule has 0 fully saturated rings. The van der Waals surface area contributed by atoms with Crippen LogP contribution in [0.4, 0.5) is 5.82 Å². The number of aromatic nitrogens is 1. The summed E-state index contributed by atoms with van der Waals surface area (Å²) in [4.78, 5) is 17.6. The first-order valence-corrected chi connectivity index (χ1v) is 7.36. The van der Waals surface area contributed by atoms with Crippen molar-refractivity contribution in [2.75, 3.05) is 5.32 Å². The van der Waals surface area contributed by atoms with Gasteiger partial charge in [-0.2, -0.15) is 0 Å². The average Bonchev–Trinajstić information content (AvgIpc) is 2.73. The largest absolute Gasteiger partial charge is 0.478 e. The van der Waals surface area contributed by atoms with E-state index in [0.29, 0.717) is 5.82 Å². The molecule has 0 saturated carbocycles.